The number of nitrogens with two attached hydrogens (primary N) is 1. The molecule has 1 saturated heterocycles. The van der Waals surface area contributed by atoms with Crippen molar-refractivity contribution in [2.24, 2.45) is 5.73 Å². The molecule has 3 rings (SSSR count). The fourth-order valence-electron chi connectivity index (χ4n) is 8.56. The third-order valence-electron chi connectivity index (χ3n) is 14.3. The van der Waals surface area contributed by atoms with Gasteiger partial charge in [0.1, 0.15) is 0 Å². The molecule has 0 bridgehead atoms. The lowest BCUT2D eigenvalue weighted by molar-refractivity contribution is -0.139. The number of carbonyl (C=O) groups excluding carboxylic acids is 14. The lowest BCUT2D eigenvalue weighted by atomic mass is 10.2. The molecule has 3 atom stereocenters. The van der Waals surface area contributed by atoms with E-state index in [1.165, 1.54) is 52.4 Å². The number of ketones is 2. The summed E-state index contributed by atoms with van der Waals surface area (Å²) in [6.45, 7) is 8.25. The molecule has 0 aromatic carbocycles. The Balaban J connectivity index is 0.00000161. The number of rotatable bonds is 48. The number of hydrogen-bond donors (Lipinski definition) is 6. The monoisotopic (exact) mass is 1500 g/mol. The standard InChI is InChI=1S/C37H51N3O7S.C28H38N2O3.C9H13NO4S.C6H8N2O2/c1-4-5-6-7-8-9-10-11-12-13-14-15-16-17-18-19-20-21-22-23-33(42)38-26-27-40-35(44)28-32(37(40)46)48-29-31(30(2)41)39-34(43)24-25-36(45)47-3;1-2-3-4-5-6-7-8-9-10-11-12-13-14-15-16-17-18-19-20-21-26(31)29-24-25-30-27(32)22-23-28(30)33;1-6(11)7(5-15)10-8(12)3-4-9(13)14-2;7-3-4-8-5(9)1-2-6(8)10/h5-6,8-9,11-12,14-15,17-18,20-21,24-25,31-32H,4,7,10,13,16,19,22-23,26-29H2,1-3H3,(H,38,42)(H,39,43);3-4,6-7,9-10,12-13,15-16,18-19,22-23H,2,5,8,11,14,17,20-21,24-25H2,1H3,(H,29,31);3-4,7,15H,5H2,1-2H3,(H,10,12);1-2H,3-4,7H2/b6-5-,9-8-,12-11-,15-14-,18-17-,21-20-,25-24+;4-3-,7-6-,10-9-,13-12-,16-15-,19-18-;4-3+;/t31-,32?;;7-;/m0.0./s1. The van der Waals surface area contributed by atoms with Crippen LogP contribution in [0.3, 0.4) is 0 Å². The molecule has 0 aliphatic carbocycles. The number of methoxy groups -OCH3 is 2. The van der Waals surface area contributed by atoms with Gasteiger partial charge in [0.05, 0.1) is 31.6 Å². The molecular weight excluding hydrogens is 1390 g/mol. The average Bonchev–Trinajstić information content (AvgIpc) is 1.70. The average molecular weight is 1500 g/mol. The van der Waals surface area contributed by atoms with E-state index in [1.807, 2.05) is 18.2 Å². The van der Waals surface area contributed by atoms with Gasteiger partial charge in [0.25, 0.3) is 23.6 Å². The van der Waals surface area contributed by atoms with Crippen LogP contribution < -0.4 is 27.0 Å². The predicted octanol–water partition coefficient (Wildman–Crippen LogP) is 9.34. The topological polar surface area (TPSA) is 341 Å². The number of hydrogen-bond acceptors (Lipinski definition) is 19. The minimum atomic E-state index is -0.901. The zero-order valence-electron chi connectivity index (χ0n) is 62.2. The van der Waals surface area contributed by atoms with Crippen LogP contribution in [-0.4, -0.2) is 180 Å². The van der Waals surface area contributed by atoms with Gasteiger partial charge in [-0.2, -0.15) is 12.6 Å². The quantitative estimate of drug-likeness (QED) is 0.0109. The Labute approximate surface area is 635 Å². The molecule has 3 aliphatic rings. The Morgan fingerprint density at radius 2 is 0.783 bits per heavy atom. The molecule has 0 aromatic heterocycles. The molecule has 1 fully saturated rings. The second-order valence-corrected chi connectivity index (χ2v) is 24.5. The number of imide groups is 3. The minimum Gasteiger partial charge on any atom is -0.466 e. The summed E-state index contributed by atoms with van der Waals surface area (Å²) in [6.07, 6.45) is 73.6. The van der Waals surface area contributed by atoms with Crippen molar-refractivity contribution in [1.29, 1.82) is 0 Å². The molecule has 26 heteroatoms. The van der Waals surface area contributed by atoms with E-state index in [0.717, 1.165) is 128 Å². The number of likely N-dealkylation sites (tertiary alicyclic amines) is 1. The summed E-state index contributed by atoms with van der Waals surface area (Å²) in [5, 5.41) is 9.65. The fraction of sp³-hybridized carbons (Fsp3) is 0.425. The zero-order valence-corrected chi connectivity index (χ0v) is 63.9. The number of thiol groups is 1. The van der Waals surface area contributed by atoms with Crippen LogP contribution >= 0.6 is 24.4 Å². The molecule has 0 aromatic rings. The van der Waals surface area contributed by atoms with Gasteiger partial charge in [0.2, 0.25) is 35.4 Å². The van der Waals surface area contributed by atoms with Crippen molar-refractivity contribution in [2.75, 3.05) is 65.0 Å². The first-order chi connectivity index (χ1) is 51.1. The van der Waals surface area contributed by atoms with Gasteiger partial charge in [0, 0.05) is 119 Å². The van der Waals surface area contributed by atoms with Crippen LogP contribution in [0.5, 0.6) is 0 Å². The van der Waals surface area contributed by atoms with E-state index in [9.17, 15) is 67.1 Å². The molecule has 578 valence electrons. The lowest BCUT2D eigenvalue weighted by Gasteiger charge is -2.17. The van der Waals surface area contributed by atoms with Crippen LogP contribution in [0, 0.1) is 0 Å². The van der Waals surface area contributed by atoms with E-state index in [1.54, 1.807) is 0 Å². The van der Waals surface area contributed by atoms with E-state index in [-0.39, 0.29) is 97.0 Å². The third-order valence-corrected chi connectivity index (χ3v) is 16.0. The molecule has 24 nitrogen and oxygen atoms in total. The van der Waals surface area contributed by atoms with Crippen LogP contribution in [0.1, 0.15) is 137 Å². The van der Waals surface area contributed by atoms with E-state index in [0.29, 0.717) is 38.8 Å². The molecule has 10 amide bonds. The third kappa shape index (κ3) is 51.3. The number of amides is 10. The molecular formula is C80H110N8O16S2. The number of carbonyl (C=O) groups is 14. The van der Waals surface area contributed by atoms with Crippen molar-refractivity contribution in [3.8, 4) is 0 Å². The van der Waals surface area contributed by atoms with E-state index >= 15 is 0 Å². The number of nitrogens with zero attached hydrogens (tertiary/aromatic N) is 3. The van der Waals surface area contributed by atoms with Gasteiger partial charge in [-0.05, 0) is 104 Å². The highest BCUT2D eigenvalue weighted by Crippen LogP contribution is 2.26. The van der Waals surface area contributed by atoms with Gasteiger partial charge in [-0.3, -0.25) is 72.2 Å². The number of ether oxygens (including phenoxy) is 2. The van der Waals surface area contributed by atoms with Crippen LogP contribution in [0.25, 0.3) is 0 Å². The fourth-order valence-corrected chi connectivity index (χ4v) is 10.2. The summed E-state index contributed by atoms with van der Waals surface area (Å²) in [6, 6.07) is -1.54. The van der Waals surface area contributed by atoms with E-state index in [2.05, 4.69) is 185 Å². The van der Waals surface area contributed by atoms with Crippen LogP contribution in [0.15, 0.2) is 194 Å². The van der Waals surface area contributed by atoms with Gasteiger partial charge < -0.3 is 36.5 Å². The normalized spacial score (nSPS) is 15.3. The number of Topliss-reactive ketones (excluding diaryl/α,β-unsaturated/α-hetero) is 2. The molecule has 3 aliphatic heterocycles. The van der Waals surface area contributed by atoms with Gasteiger partial charge in [-0.1, -0.05) is 160 Å². The summed E-state index contributed by atoms with van der Waals surface area (Å²) in [5.41, 5.74) is 5.16. The van der Waals surface area contributed by atoms with Crippen LogP contribution in [-0.2, 0) is 76.6 Å². The Kier molecular flexibility index (Phi) is 58.6. The van der Waals surface area contributed by atoms with E-state index in [4.69, 9.17) is 5.73 Å². The van der Waals surface area contributed by atoms with Crippen molar-refractivity contribution in [3.05, 3.63) is 194 Å². The maximum atomic E-state index is 12.8. The first-order valence-electron chi connectivity index (χ1n) is 35.4. The molecule has 0 radical (unpaired) electrons. The van der Waals surface area contributed by atoms with Crippen LogP contribution in [0.4, 0.5) is 0 Å². The first-order valence-corrected chi connectivity index (χ1v) is 37.1. The highest BCUT2D eigenvalue weighted by molar-refractivity contribution is 8.00. The molecule has 0 saturated carbocycles. The molecule has 106 heavy (non-hydrogen) atoms. The number of allylic oxidation sites excluding steroid dienone is 24. The van der Waals surface area contributed by atoms with Gasteiger partial charge in [-0.25, -0.2) is 9.59 Å². The number of nitrogens with one attached hydrogen (secondary N) is 4. The lowest BCUT2D eigenvalue weighted by Crippen LogP contribution is -2.42. The molecule has 1 unspecified atom stereocenters. The number of esters is 2. The summed E-state index contributed by atoms with van der Waals surface area (Å²) < 4.78 is 8.71. The van der Waals surface area contributed by atoms with Crippen molar-refractivity contribution >= 4 is 107 Å². The summed E-state index contributed by atoms with van der Waals surface area (Å²) in [5.74, 6) is -4.94. The highest BCUT2D eigenvalue weighted by atomic mass is 32.2. The Morgan fingerprint density at radius 3 is 1.09 bits per heavy atom. The van der Waals surface area contributed by atoms with E-state index < -0.39 is 47.0 Å². The first kappa shape index (κ1) is 96.1. The maximum absolute atomic E-state index is 12.8. The Hall–Kier alpha value is -9.92. The van der Waals surface area contributed by atoms with Crippen molar-refractivity contribution < 1.29 is 76.6 Å². The summed E-state index contributed by atoms with van der Waals surface area (Å²) in [4.78, 5) is 165. The molecule has 6 N–H and O–H groups in total. The van der Waals surface area contributed by atoms with Crippen molar-refractivity contribution in [3.63, 3.8) is 0 Å². The van der Waals surface area contributed by atoms with Gasteiger partial charge in [0.15, 0.2) is 11.6 Å². The van der Waals surface area contributed by atoms with Crippen molar-refractivity contribution in [2.45, 2.75) is 154 Å². The second kappa shape index (κ2) is 64.7. The summed E-state index contributed by atoms with van der Waals surface area (Å²) >= 11 is 5.01. The predicted molar refractivity (Wildman–Crippen MR) is 421 cm³/mol. The maximum Gasteiger partial charge on any atom is 0.330 e. The van der Waals surface area contributed by atoms with Crippen molar-refractivity contribution in [1.82, 2.24) is 36.0 Å². The minimum absolute atomic E-state index is 0.0268. The molecule has 0 spiro atoms. The largest absolute Gasteiger partial charge is 0.466 e. The smallest absolute Gasteiger partial charge is 0.330 e. The highest BCUT2D eigenvalue weighted by Gasteiger charge is 2.39. The van der Waals surface area contributed by atoms with Gasteiger partial charge in [-0.15, -0.1) is 11.8 Å². The Morgan fingerprint density at radius 1 is 0.472 bits per heavy atom. The zero-order chi connectivity index (χ0) is 78.8. The van der Waals surface area contributed by atoms with Crippen LogP contribution in [0.2, 0.25) is 0 Å². The Bertz CT molecular complexity index is 3270. The summed E-state index contributed by atoms with van der Waals surface area (Å²) in [7, 11) is 2.38. The second-order valence-electron chi connectivity index (χ2n) is 22.9. The van der Waals surface area contributed by atoms with Gasteiger partial charge >= 0.3 is 11.9 Å². The SMILES string of the molecule is CC/C=C\C/C=C\C/C=C\C/C=C\C/C=C\C/C=C\CCC(=O)NCCN1C(=O)C=CC1=O.CC/C=C\C/C=C\C/C=C\C/C=C\C/C=C\C/C=C\CCC(=O)NCCN1C(=O)CC(SC[C@H](NC(=O)/C=C/C(=O)OC)C(C)=O)C1=O.COC(=O)/C=C/C(=O)N[C@@H](CS)C(C)=O.NCCN1C(=O)C=CC1=O. The number of thioether (sulfide) groups is 1. The molecule has 3 heterocycles.